The number of hydrogen-bond acceptors (Lipinski definition) is 5. The smallest absolute Gasteiger partial charge is 0.268 e. The summed E-state index contributed by atoms with van der Waals surface area (Å²) >= 11 is 3.39. The van der Waals surface area contributed by atoms with E-state index in [1.54, 1.807) is 36.0 Å². The van der Waals surface area contributed by atoms with Crippen molar-refractivity contribution in [1.82, 2.24) is 15.2 Å². The fourth-order valence-electron chi connectivity index (χ4n) is 2.43. The number of halogens is 1. The van der Waals surface area contributed by atoms with Gasteiger partial charge in [0.2, 0.25) is 0 Å². The van der Waals surface area contributed by atoms with Crippen LogP contribution in [0.5, 0.6) is 0 Å². The molecule has 8 nitrogen and oxygen atoms in total. The summed E-state index contributed by atoms with van der Waals surface area (Å²) in [6.07, 6.45) is 1.73. The van der Waals surface area contributed by atoms with Crippen LogP contribution in [0.4, 0.5) is 5.69 Å². The van der Waals surface area contributed by atoms with Crippen LogP contribution in [0, 0.1) is 10.1 Å². The van der Waals surface area contributed by atoms with Crippen molar-refractivity contribution in [1.29, 1.82) is 0 Å². The molecule has 28 heavy (non-hydrogen) atoms. The van der Waals surface area contributed by atoms with Gasteiger partial charge in [-0.3, -0.25) is 19.6 Å². The standard InChI is InChI=1S/C19H16BrN5O3/c1-13(15-4-8-17(9-5-15)25(27)28)21-22-19(26)18-10-11-24(23-18)12-14-2-6-16(20)7-3-14/h2-11H,12H2,1H3,(H,22,26)/b21-13-. The van der Waals surface area contributed by atoms with Crippen molar-refractivity contribution in [2.24, 2.45) is 5.10 Å². The Morgan fingerprint density at radius 1 is 1.18 bits per heavy atom. The zero-order valence-electron chi connectivity index (χ0n) is 14.9. The molecule has 0 aliphatic heterocycles. The first-order chi connectivity index (χ1) is 13.4. The van der Waals surface area contributed by atoms with Gasteiger partial charge in [0.1, 0.15) is 0 Å². The average molecular weight is 442 g/mol. The van der Waals surface area contributed by atoms with Crippen LogP contribution in [-0.2, 0) is 6.54 Å². The number of carbonyl (C=O) groups excluding carboxylic acids is 1. The van der Waals surface area contributed by atoms with E-state index < -0.39 is 10.8 Å². The Hall–Kier alpha value is -3.33. The SMILES string of the molecule is C/C(=N/NC(=O)c1ccn(Cc2ccc(Br)cc2)n1)c1ccc([N+](=O)[O-])cc1. The maximum atomic E-state index is 12.2. The average Bonchev–Trinajstić information content (AvgIpc) is 3.16. The molecule has 0 fully saturated rings. The molecule has 0 radical (unpaired) electrons. The van der Waals surface area contributed by atoms with Gasteiger partial charge in [-0.2, -0.15) is 10.2 Å². The largest absolute Gasteiger partial charge is 0.291 e. The summed E-state index contributed by atoms with van der Waals surface area (Å²) in [6.45, 7) is 2.25. The highest BCUT2D eigenvalue weighted by atomic mass is 79.9. The van der Waals surface area contributed by atoms with Gasteiger partial charge in [-0.05, 0) is 48.4 Å². The molecule has 2 aromatic carbocycles. The monoisotopic (exact) mass is 441 g/mol. The molecule has 0 aliphatic rings. The minimum Gasteiger partial charge on any atom is -0.268 e. The van der Waals surface area contributed by atoms with Crippen LogP contribution in [0.25, 0.3) is 0 Å². The third-order valence-electron chi connectivity index (χ3n) is 3.95. The summed E-state index contributed by atoms with van der Waals surface area (Å²) in [7, 11) is 0. The van der Waals surface area contributed by atoms with E-state index in [2.05, 4.69) is 31.6 Å². The molecule has 0 bridgehead atoms. The van der Waals surface area contributed by atoms with E-state index >= 15 is 0 Å². The first-order valence-electron chi connectivity index (χ1n) is 8.30. The number of hydrazone groups is 1. The molecule has 0 atom stereocenters. The number of nitro benzene ring substituents is 1. The van der Waals surface area contributed by atoms with Crippen molar-refractivity contribution in [2.45, 2.75) is 13.5 Å². The zero-order valence-corrected chi connectivity index (χ0v) is 16.5. The van der Waals surface area contributed by atoms with Crippen LogP contribution in [0.3, 0.4) is 0 Å². The number of benzene rings is 2. The fraction of sp³-hybridized carbons (Fsp3) is 0.105. The van der Waals surface area contributed by atoms with Gasteiger partial charge in [-0.15, -0.1) is 0 Å². The van der Waals surface area contributed by atoms with Crippen molar-refractivity contribution < 1.29 is 9.72 Å². The normalized spacial score (nSPS) is 11.3. The van der Waals surface area contributed by atoms with Gasteiger partial charge in [0.15, 0.2) is 5.69 Å². The molecule has 0 saturated heterocycles. The van der Waals surface area contributed by atoms with E-state index in [1.807, 2.05) is 24.3 Å². The number of rotatable bonds is 6. The Bertz CT molecular complexity index is 1030. The van der Waals surface area contributed by atoms with Crippen molar-refractivity contribution in [3.05, 3.63) is 92.2 Å². The van der Waals surface area contributed by atoms with Crippen LogP contribution < -0.4 is 5.43 Å². The van der Waals surface area contributed by atoms with Crippen molar-refractivity contribution in [3.63, 3.8) is 0 Å². The summed E-state index contributed by atoms with van der Waals surface area (Å²) in [5.41, 5.74) is 4.96. The number of carbonyl (C=O) groups is 1. The summed E-state index contributed by atoms with van der Waals surface area (Å²) < 4.78 is 2.67. The third kappa shape index (κ3) is 4.89. The van der Waals surface area contributed by atoms with E-state index in [0.29, 0.717) is 17.8 Å². The highest BCUT2D eigenvalue weighted by molar-refractivity contribution is 9.10. The molecule has 1 aromatic heterocycles. The number of nitro groups is 1. The van der Waals surface area contributed by atoms with E-state index in [9.17, 15) is 14.9 Å². The van der Waals surface area contributed by atoms with Gasteiger partial charge >= 0.3 is 0 Å². The maximum absolute atomic E-state index is 12.2. The molecule has 1 amide bonds. The lowest BCUT2D eigenvalue weighted by Gasteiger charge is -2.03. The molecule has 1 N–H and O–H groups in total. The van der Waals surface area contributed by atoms with Crippen LogP contribution in [0.15, 0.2) is 70.4 Å². The van der Waals surface area contributed by atoms with Crippen molar-refractivity contribution in [2.75, 3.05) is 0 Å². The molecule has 3 rings (SSSR count). The molecule has 1 heterocycles. The Morgan fingerprint density at radius 3 is 2.50 bits per heavy atom. The predicted molar refractivity (Wildman–Crippen MR) is 108 cm³/mol. The van der Waals surface area contributed by atoms with Gasteiger partial charge in [-0.25, -0.2) is 5.43 Å². The topological polar surface area (TPSA) is 102 Å². The number of nitrogens with one attached hydrogen (secondary N) is 1. The second-order valence-corrected chi connectivity index (χ2v) is 6.88. The van der Waals surface area contributed by atoms with Crippen LogP contribution in [-0.4, -0.2) is 26.3 Å². The Labute approximate surface area is 169 Å². The lowest BCUT2D eigenvalue weighted by Crippen LogP contribution is -2.20. The Balaban J connectivity index is 1.62. The van der Waals surface area contributed by atoms with Crippen LogP contribution in [0.2, 0.25) is 0 Å². The fourth-order valence-corrected chi connectivity index (χ4v) is 2.69. The first-order valence-corrected chi connectivity index (χ1v) is 9.09. The maximum Gasteiger partial charge on any atom is 0.291 e. The van der Waals surface area contributed by atoms with Crippen molar-refractivity contribution >= 4 is 33.2 Å². The molecule has 0 saturated carbocycles. The molecule has 9 heteroatoms. The van der Waals surface area contributed by atoms with Crippen LogP contribution >= 0.6 is 15.9 Å². The number of non-ortho nitro benzene ring substituents is 1. The first kappa shape index (κ1) is 19.4. The summed E-state index contributed by atoms with van der Waals surface area (Å²) in [6, 6.07) is 15.4. The number of aromatic nitrogens is 2. The third-order valence-corrected chi connectivity index (χ3v) is 4.48. The predicted octanol–water partition coefficient (Wildman–Crippen LogP) is 3.76. The highest BCUT2D eigenvalue weighted by Crippen LogP contribution is 2.13. The minimum absolute atomic E-state index is 0.00287. The van der Waals surface area contributed by atoms with Gasteiger partial charge in [0, 0.05) is 22.8 Å². The lowest BCUT2D eigenvalue weighted by molar-refractivity contribution is -0.384. The van der Waals surface area contributed by atoms with Crippen LogP contribution in [0.1, 0.15) is 28.5 Å². The zero-order chi connectivity index (χ0) is 20.1. The Morgan fingerprint density at radius 2 is 1.86 bits per heavy atom. The van der Waals surface area contributed by atoms with Gasteiger partial charge < -0.3 is 0 Å². The summed E-state index contributed by atoms with van der Waals surface area (Å²) in [5.74, 6) is -0.434. The van der Waals surface area contributed by atoms with Gasteiger partial charge in [-0.1, -0.05) is 28.1 Å². The minimum atomic E-state index is -0.470. The molecule has 142 valence electrons. The van der Waals surface area contributed by atoms with E-state index in [4.69, 9.17) is 0 Å². The van der Waals surface area contributed by atoms with Crippen molar-refractivity contribution in [3.8, 4) is 0 Å². The van der Waals surface area contributed by atoms with Gasteiger partial charge in [0.05, 0.1) is 17.2 Å². The van der Waals surface area contributed by atoms with Gasteiger partial charge in [0.25, 0.3) is 11.6 Å². The molecule has 0 aliphatic carbocycles. The second-order valence-electron chi connectivity index (χ2n) is 5.97. The highest BCUT2D eigenvalue weighted by Gasteiger charge is 2.10. The number of hydrogen-bond donors (Lipinski definition) is 1. The van der Waals surface area contributed by atoms with E-state index in [1.165, 1.54) is 12.1 Å². The Kier molecular flexibility index (Phi) is 5.95. The molecule has 3 aromatic rings. The van der Waals surface area contributed by atoms with E-state index in [0.717, 1.165) is 10.0 Å². The second kappa shape index (κ2) is 8.57. The summed E-state index contributed by atoms with van der Waals surface area (Å²) in [4.78, 5) is 22.5. The van der Waals surface area contributed by atoms with E-state index in [-0.39, 0.29) is 11.4 Å². The molecular formula is C19H16BrN5O3. The molecule has 0 unspecified atom stereocenters. The summed E-state index contributed by atoms with van der Waals surface area (Å²) in [5, 5.41) is 19.0. The number of amides is 1. The molecule has 0 spiro atoms. The molecular weight excluding hydrogens is 426 g/mol. The number of nitrogens with zero attached hydrogens (tertiary/aromatic N) is 4. The quantitative estimate of drug-likeness (QED) is 0.357. The lowest BCUT2D eigenvalue weighted by atomic mass is 10.1.